The molecule has 2 amide bonds. The summed E-state index contributed by atoms with van der Waals surface area (Å²) >= 11 is 0. The van der Waals surface area contributed by atoms with Crippen molar-refractivity contribution in [3.8, 4) is 0 Å². The van der Waals surface area contributed by atoms with Gasteiger partial charge >= 0.3 is 6.03 Å². The summed E-state index contributed by atoms with van der Waals surface area (Å²) in [6.45, 7) is 9.69. The van der Waals surface area contributed by atoms with Gasteiger partial charge in [0.25, 0.3) is 0 Å². The van der Waals surface area contributed by atoms with Gasteiger partial charge in [-0.25, -0.2) is 9.78 Å². The van der Waals surface area contributed by atoms with Crippen molar-refractivity contribution < 1.29 is 9.53 Å². The molecule has 0 saturated carbocycles. The molecule has 0 aliphatic rings. The first-order valence-corrected chi connectivity index (χ1v) is 7.66. The Balaban J connectivity index is 1.93. The minimum atomic E-state index is -0.134. The van der Waals surface area contributed by atoms with Crippen LogP contribution in [-0.4, -0.2) is 41.9 Å². The maximum atomic E-state index is 11.5. The van der Waals surface area contributed by atoms with Crippen molar-refractivity contribution in [3.05, 3.63) is 18.2 Å². The second-order valence-electron chi connectivity index (χ2n) is 5.50. The van der Waals surface area contributed by atoms with E-state index >= 15 is 0 Å². The first-order chi connectivity index (χ1) is 10.1. The highest BCUT2D eigenvalue weighted by molar-refractivity contribution is 5.73. The minimum absolute atomic E-state index is 0.134. The molecule has 2 N–H and O–H groups in total. The highest BCUT2D eigenvalue weighted by Crippen LogP contribution is 1.98. The Bertz CT molecular complexity index is 404. The lowest BCUT2D eigenvalue weighted by Crippen LogP contribution is -2.38. The van der Waals surface area contributed by atoms with Gasteiger partial charge in [-0.3, -0.25) is 0 Å². The Morgan fingerprint density at radius 1 is 1.33 bits per heavy atom. The number of carbonyl (C=O) groups excluding carboxylic acids is 1. The van der Waals surface area contributed by atoms with Crippen molar-refractivity contribution in [2.24, 2.45) is 5.92 Å². The van der Waals surface area contributed by atoms with Crippen LogP contribution in [0.25, 0.3) is 0 Å². The van der Waals surface area contributed by atoms with Gasteiger partial charge in [0.2, 0.25) is 0 Å². The van der Waals surface area contributed by atoms with Gasteiger partial charge in [0.15, 0.2) is 0 Å². The van der Waals surface area contributed by atoms with Crippen LogP contribution in [0.1, 0.15) is 32.5 Å². The number of rotatable bonds is 10. The molecule has 0 saturated heterocycles. The Morgan fingerprint density at radius 2 is 2.10 bits per heavy atom. The molecule has 1 rings (SSSR count). The Kier molecular flexibility index (Phi) is 8.50. The molecular formula is C15H28N4O2. The van der Waals surface area contributed by atoms with Crippen LogP contribution in [-0.2, 0) is 11.3 Å². The predicted octanol–water partition coefficient (Wildman–Crippen LogP) is 1.94. The van der Waals surface area contributed by atoms with Gasteiger partial charge in [0, 0.05) is 38.6 Å². The van der Waals surface area contributed by atoms with Gasteiger partial charge in [-0.15, -0.1) is 0 Å². The summed E-state index contributed by atoms with van der Waals surface area (Å²) in [7, 11) is 0. The zero-order valence-corrected chi connectivity index (χ0v) is 13.4. The summed E-state index contributed by atoms with van der Waals surface area (Å²) in [6.07, 6.45) is 5.67. The second-order valence-corrected chi connectivity index (χ2v) is 5.50. The first-order valence-electron chi connectivity index (χ1n) is 7.66. The third-order valence-corrected chi connectivity index (χ3v) is 3.16. The van der Waals surface area contributed by atoms with Crippen LogP contribution in [0.2, 0.25) is 0 Å². The number of hydrogen-bond donors (Lipinski definition) is 2. The maximum Gasteiger partial charge on any atom is 0.314 e. The molecule has 0 spiro atoms. The average Bonchev–Trinajstić information content (AvgIpc) is 2.84. The van der Waals surface area contributed by atoms with E-state index in [1.807, 2.05) is 13.1 Å². The fourth-order valence-electron chi connectivity index (χ4n) is 1.81. The summed E-state index contributed by atoms with van der Waals surface area (Å²) in [5.41, 5.74) is 0. The summed E-state index contributed by atoms with van der Waals surface area (Å²) in [6, 6.07) is -0.134. The quantitative estimate of drug-likeness (QED) is 0.648. The third-order valence-electron chi connectivity index (χ3n) is 3.16. The zero-order chi connectivity index (χ0) is 15.5. The highest BCUT2D eigenvalue weighted by atomic mass is 16.5. The molecule has 0 bridgehead atoms. The normalized spacial score (nSPS) is 10.9. The molecule has 0 atom stereocenters. The molecule has 0 unspecified atom stereocenters. The summed E-state index contributed by atoms with van der Waals surface area (Å²) < 4.78 is 7.50. The zero-order valence-electron chi connectivity index (χ0n) is 13.4. The van der Waals surface area contributed by atoms with Crippen molar-refractivity contribution in [2.45, 2.75) is 40.2 Å². The number of nitrogens with one attached hydrogen (secondary N) is 2. The van der Waals surface area contributed by atoms with Crippen molar-refractivity contribution in [2.75, 3.05) is 26.3 Å². The molecule has 0 fully saturated rings. The van der Waals surface area contributed by atoms with E-state index in [0.717, 1.165) is 31.8 Å². The molecule has 0 aliphatic heterocycles. The number of aryl methyl sites for hydroxylation is 2. The lowest BCUT2D eigenvalue weighted by molar-refractivity contribution is 0.126. The second kappa shape index (κ2) is 10.2. The highest BCUT2D eigenvalue weighted by Gasteiger charge is 2.00. The standard InChI is InChI=1S/C15H28N4O2/c1-13(2)5-11-21-12-8-18-15(20)17-6-4-9-19-10-7-16-14(19)3/h7,10,13H,4-6,8-9,11-12H2,1-3H3,(H2,17,18,20). The summed E-state index contributed by atoms with van der Waals surface area (Å²) in [4.78, 5) is 15.7. The number of hydrogen-bond acceptors (Lipinski definition) is 3. The topological polar surface area (TPSA) is 68.2 Å². The van der Waals surface area contributed by atoms with Crippen molar-refractivity contribution in [1.82, 2.24) is 20.2 Å². The van der Waals surface area contributed by atoms with Crippen LogP contribution < -0.4 is 10.6 Å². The molecule has 0 radical (unpaired) electrons. The molecule has 1 aromatic heterocycles. The van der Waals surface area contributed by atoms with Gasteiger partial charge in [0.1, 0.15) is 5.82 Å². The first kappa shape index (κ1) is 17.5. The predicted molar refractivity (Wildman–Crippen MR) is 83.3 cm³/mol. The minimum Gasteiger partial charge on any atom is -0.380 e. The smallest absolute Gasteiger partial charge is 0.314 e. The lowest BCUT2D eigenvalue weighted by Gasteiger charge is -2.09. The van der Waals surface area contributed by atoms with E-state index in [1.54, 1.807) is 6.20 Å². The van der Waals surface area contributed by atoms with Crippen LogP contribution in [0.3, 0.4) is 0 Å². The number of imidazole rings is 1. The lowest BCUT2D eigenvalue weighted by atomic mass is 10.1. The molecule has 120 valence electrons. The Morgan fingerprint density at radius 3 is 2.76 bits per heavy atom. The number of ether oxygens (including phenoxy) is 1. The van der Waals surface area contributed by atoms with Gasteiger partial charge in [0.05, 0.1) is 6.61 Å². The van der Waals surface area contributed by atoms with Crippen molar-refractivity contribution in [3.63, 3.8) is 0 Å². The third kappa shape index (κ3) is 8.34. The van der Waals surface area contributed by atoms with Crippen LogP contribution in [0.5, 0.6) is 0 Å². The summed E-state index contributed by atoms with van der Waals surface area (Å²) in [5.74, 6) is 1.65. The molecule has 21 heavy (non-hydrogen) atoms. The fraction of sp³-hybridized carbons (Fsp3) is 0.733. The molecular weight excluding hydrogens is 268 g/mol. The van der Waals surface area contributed by atoms with E-state index in [9.17, 15) is 4.79 Å². The van der Waals surface area contributed by atoms with E-state index in [-0.39, 0.29) is 6.03 Å². The van der Waals surface area contributed by atoms with Crippen molar-refractivity contribution >= 4 is 6.03 Å². The molecule has 1 heterocycles. The molecule has 6 nitrogen and oxygen atoms in total. The van der Waals surface area contributed by atoms with Crippen molar-refractivity contribution in [1.29, 1.82) is 0 Å². The van der Waals surface area contributed by atoms with Crippen LogP contribution in [0.4, 0.5) is 4.79 Å². The van der Waals surface area contributed by atoms with E-state index in [0.29, 0.717) is 25.6 Å². The van der Waals surface area contributed by atoms with Gasteiger partial charge < -0.3 is 19.9 Å². The number of carbonyl (C=O) groups is 1. The van der Waals surface area contributed by atoms with Gasteiger partial charge in [-0.2, -0.15) is 0 Å². The van der Waals surface area contributed by atoms with E-state index < -0.39 is 0 Å². The molecule has 0 aromatic carbocycles. The Labute approximate surface area is 127 Å². The summed E-state index contributed by atoms with van der Waals surface area (Å²) in [5, 5.41) is 5.62. The largest absolute Gasteiger partial charge is 0.380 e. The maximum absolute atomic E-state index is 11.5. The monoisotopic (exact) mass is 296 g/mol. The SMILES string of the molecule is Cc1nccn1CCCNC(=O)NCCOCCC(C)C. The molecule has 0 aliphatic carbocycles. The molecule has 1 aromatic rings. The number of nitrogens with zero attached hydrogens (tertiary/aromatic N) is 2. The van der Waals surface area contributed by atoms with E-state index in [1.165, 1.54) is 0 Å². The number of amides is 2. The van der Waals surface area contributed by atoms with Crippen LogP contribution in [0.15, 0.2) is 12.4 Å². The average molecular weight is 296 g/mol. The number of aromatic nitrogens is 2. The number of urea groups is 1. The van der Waals surface area contributed by atoms with Gasteiger partial charge in [-0.1, -0.05) is 13.8 Å². The van der Waals surface area contributed by atoms with E-state index in [4.69, 9.17) is 4.74 Å². The Hall–Kier alpha value is -1.56. The van der Waals surface area contributed by atoms with Crippen LogP contribution >= 0.6 is 0 Å². The molecule has 6 heteroatoms. The fourth-order valence-corrected chi connectivity index (χ4v) is 1.81. The van der Waals surface area contributed by atoms with Gasteiger partial charge in [-0.05, 0) is 25.7 Å². The van der Waals surface area contributed by atoms with E-state index in [2.05, 4.69) is 34.0 Å². The van der Waals surface area contributed by atoms with Crippen LogP contribution in [0, 0.1) is 12.8 Å².